The molecule has 6 aromatic rings. The quantitative estimate of drug-likeness (QED) is 0.0398. The number of hydrogen-bond acceptors (Lipinski definition) is 14. The number of hydrogen-bond donors (Lipinski definition) is 7. The van der Waals surface area contributed by atoms with Crippen LogP contribution in [0, 0.1) is 10.8 Å². The van der Waals surface area contributed by atoms with Crippen LogP contribution >= 0.6 is 0 Å². The Labute approximate surface area is 463 Å². The van der Waals surface area contributed by atoms with Crippen molar-refractivity contribution in [1.82, 2.24) is 46.2 Å². The van der Waals surface area contributed by atoms with Crippen molar-refractivity contribution in [3.63, 3.8) is 0 Å². The zero-order valence-corrected chi connectivity index (χ0v) is 47.0. The van der Waals surface area contributed by atoms with Crippen LogP contribution in [0.3, 0.4) is 0 Å². The number of aliphatic hydroxyl groups is 1. The van der Waals surface area contributed by atoms with Gasteiger partial charge in [-0.3, -0.25) is 24.8 Å². The second-order valence-corrected chi connectivity index (χ2v) is 21.3. The van der Waals surface area contributed by atoms with Crippen molar-refractivity contribution >= 4 is 52.3 Å². The smallest absolute Gasteiger partial charge is 0.407 e. The van der Waals surface area contributed by atoms with E-state index in [1.54, 1.807) is 39.1 Å². The Balaban J connectivity index is 0.000000300. The molecule has 0 saturated carbocycles. The molecule has 0 unspecified atom stereocenters. The third-order valence-corrected chi connectivity index (χ3v) is 13.3. The Bertz CT molecular complexity index is 2940. The lowest BCUT2D eigenvalue weighted by Gasteiger charge is -2.36. The molecule has 4 atom stereocenters. The predicted molar refractivity (Wildman–Crippen MR) is 305 cm³/mol. The number of pyridine rings is 2. The highest BCUT2D eigenvalue weighted by atomic mass is 16.5. The lowest BCUT2D eigenvalue weighted by atomic mass is 9.85. The van der Waals surface area contributed by atoms with Crippen molar-refractivity contribution in [1.29, 1.82) is 0 Å². The monoisotopic (exact) mass is 1080 g/mol. The molecule has 3 aromatic carbocycles. The molecular weight excluding hydrogens is 1010 g/mol. The van der Waals surface area contributed by atoms with Crippen LogP contribution in [0.5, 0.6) is 5.75 Å². The van der Waals surface area contributed by atoms with Gasteiger partial charge in [0.15, 0.2) is 5.82 Å². The Kier molecular flexibility index (Phi) is 21.2. The molecule has 1 saturated heterocycles. The first kappa shape index (κ1) is 60.0. The number of alkyl carbamates (subject to hydrolysis) is 2. The molecule has 1 aliphatic heterocycles. The molecule has 1 aliphatic rings. The van der Waals surface area contributed by atoms with Crippen LogP contribution in [0.1, 0.15) is 70.1 Å². The van der Waals surface area contributed by atoms with Gasteiger partial charge in [-0.1, -0.05) is 102 Å². The van der Waals surface area contributed by atoms with E-state index in [2.05, 4.69) is 53.5 Å². The van der Waals surface area contributed by atoms with Crippen molar-refractivity contribution in [2.24, 2.45) is 10.8 Å². The predicted octanol–water partition coefficient (Wildman–Crippen LogP) is 7.18. The molecule has 20 nitrogen and oxygen atoms in total. The Morgan fingerprint density at radius 1 is 0.709 bits per heavy atom. The molecule has 0 spiro atoms. The Morgan fingerprint density at radius 3 is 1.94 bits per heavy atom. The van der Waals surface area contributed by atoms with Gasteiger partial charge in [0.25, 0.3) is 11.8 Å². The summed E-state index contributed by atoms with van der Waals surface area (Å²) >= 11 is 0. The number of carbonyl (C=O) groups excluding carboxylic acids is 5. The van der Waals surface area contributed by atoms with E-state index in [-0.39, 0.29) is 25.4 Å². The fourth-order valence-electron chi connectivity index (χ4n) is 9.00. The normalized spacial score (nSPS) is 14.1. The minimum atomic E-state index is -1.22. The van der Waals surface area contributed by atoms with Gasteiger partial charge in [0, 0.05) is 74.7 Å². The largest absolute Gasteiger partial charge is 0.497 e. The molecule has 5 amide bonds. The third kappa shape index (κ3) is 17.1. The van der Waals surface area contributed by atoms with Gasteiger partial charge in [-0.05, 0) is 83.8 Å². The van der Waals surface area contributed by atoms with Crippen molar-refractivity contribution in [2.75, 3.05) is 70.8 Å². The zero-order valence-electron chi connectivity index (χ0n) is 47.0. The van der Waals surface area contributed by atoms with Crippen LogP contribution in [0.2, 0.25) is 0 Å². The molecule has 7 rings (SSSR count). The van der Waals surface area contributed by atoms with E-state index in [1.807, 2.05) is 141 Å². The maximum absolute atomic E-state index is 13.8. The number of aromatic amines is 1. The summed E-state index contributed by atoms with van der Waals surface area (Å²) in [5, 5.41) is 25.9. The topological polar surface area (TPSA) is 245 Å². The lowest BCUT2D eigenvalue weighted by molar-refractivity contribution is -0.132. The summed E-state index contributed by atoms with van der Waals surface area (Å²) in [6, 6.07) is 31.5. The first-order chi connectivity index (χ1) is 37.7. The maximum atomic E-state index is 13.8. The highest BCUT2D eigenvalue weighted by Crippen LogP contribution is 2.27. The average Bonchev–Trinajstić information content (AvgIpc) is 3.90. The molecule has 1 fully saturated rings. The van der Waals surface area contributed by atoms with Gasteiger partial charge in [0.05, 0.1) is 44.9 Å². The summed E-state index contributed by atoms with van der Waals surface area (Å²) in [6.07, 6.45) is 1.03. The molecule has 7 N–H and O–H groups in total. The van der Waals surface area contributed by atoms with Crippen LogP contribution in [0.25, 0.3) is 22.2 Å². The van der Waals surface area contributed by atoms with E-state index in [0.29, 0.717) is 18.8 Å². The van der Waals surface area contributed by atoms with Crippen LogP contribution in [0.15, 0.2) is 122 Å². The number of nitrogens with one attached hydrogen (secondary N) is 6. The van der Waals surface area contributed by atoms with Crippen LogP contribution < -0.4 is 36.3 Å². The Hall–Kier alpha value is -8.23. The molecule has 4 heterocycles. The molecule has 3 aromatic heterocycles. The lowest BCUT2D eigenvalue weighted by Crippen LogP contribution is -2.60. The van der Waals surface area contributed by atoms with E-state index in [4.69, 9.17) is 14.2 Å². The first-order valence-corrected chi connectivity index (χ1v) is 26.4. The second-order valence-electron chi connectivity index (χ2n) is 21.3. The molecule has 0 bridgehead atoms. The number of H-pyrrole nitrogens is 1. The van der Waals surface area contributed by atoms with Gasteiger partial charge in [0.1, 0.15) is 23.5 Å². The number of aliphatic hydroxyl groups excluding tert-OH is 1. The number of aromatic nitrogens is 3. The standard InChI is InChI=1S/C38H52N6O7.C21H25N5O2/c1-37(2,3)31(41-35(48)50-7)33(46)40-29(22-25-14-10-9-11-15-25)30(45)24-44(43-34(47)32(38(4,5)6)42-36(49)51-8)23-26-17-19-27(20-18-26)28-16-12-13-21-39-28;1-3-22-18-5-4-8-23-20(18)25-9-11-26(12-10-25)21(27)19-14-15-13-16(28-2)6-7-17(15)24-19/h9-21,29-32,45H,22-24H2,1-8H3,(H,40,46)(H,41,48)(H,42,49)(H,43,47);4-8,13-14,22,24H,3,9-12H2,1-2H3/t29-,30-,31+,32+;/m0./s1. The summed E-state index contributed by atoms with van der Waals surface area (Å²) in [6.45, 7) is 16.7. The Morgan fingerprint density at radius 2 is 1.34 bits per heavy atom. The SMILES string of the molecule is CCNc1cccnc1N1CCN(C(=O)c2cc3cc(OC)ccc3[nH]2)CC1.COC(=O)N[C@H](C(=O)N[C@@H](Cc1ccccc1)[C@@H](O)CN(Cc1ccc(-c2ccccn2)cc1)NC(=O)[C@@H](NC(=O)OC)C(C)(C)C)C(C)(C)C. The first-order valence-electron chi connectivity index (χ1n) is 26.4. The van der Waals surface area contributed by atoms with E-state index >= 15 is 0 Å². The van der Waals surface area contributed by atoms with Gasteiger partial charge in [-0.15, -0.1) is 0 Å². The zero-order chi connectivity index (χ0) is 57.3. The molecular formula is C59H77N11O9. The van der Waals surface area contributed by atoms with E-state index < -0.39 is 59.1 Å². The number of rotatable bonds is 19. The van der Waals surface area contributed by atoms with Crippen LogP contribution in [0.4, 0.5) is 21.1 Å². The molecule has 0 aliphatic carbocycles. The number of ether oxygens (including phenoxy) is 3. The minimum Gasteiger partial charge on any atom is -0.497 e. The van der Waals surface area contributed by atoms with Gasteiger partial charge in [0.2, 0.25) is 5.91 Å². The van der Waals surface area contributed by atoms with Crippen molar-refractivity contribution in [3.05, 3.63) is 138 Å². The molecule has 20 heteroatoms. The van der Waals surface area contributed by atoms with Crippen molar-refractivity contribution in [2.45, 2.75) is 85.7 Å². The highest BCUT2D eigenvalue weighted by molar-refractivity contribution is 5.98. The summed E-state index contributed by atoms with van der Waals surface area (Å²) < 4.78 is 14.8. The summed E-state index contributed by atoms with van der Waals surface area (Å²) in [7, 11) is 4.08. The molecule has 79 heavy (non-hydrogen) atoms. The van der Waals surface area contributed by atoms with Gasteiger partial charge in [-0.2, -0.15) is 0 Å². The number of piperazine rings is 1. The minimum absolute atomic E-state index is 0.0303. The summed E-state index contributed by atoms with van der Waals surface area (Å²) in [4.78, 5) is 81.2. The second kappa shape index (κ2) is 27.9. The highest BCUT2D eigenvalue weighted by Gasteiger charge is 2.38. The molecule has 0 radical (unpaired) electrons. The fraction of sp³-hybridized carbons (Fsp3) is 0.407. The number of benzene rings is 3. The van der Waals surface area contributed by atoms with Gasteiger partial charge in [-0.25, -0.2) is 19.6 Å². The third-order valence-electron chi connectivity index (χ3n) is 13.3. The fourth-order valence-corrected chi connectivity index (χ4v) is 9.00. The summed E-state index contributed by atoms with van der Waals surface area (Å²) in [5.74, 6) is 0.732. The van der Waals surface area contributed by atoms with Gasteiger partial charge >= 0.3 is 12.2 Å². The van der Waals surface area contributed by atoms with Crippen LogP contribution in [-0.4, -0.2) is 145 Å². The van der Waals surface area contributed by atoms with E-state index in [0.717, 1.165) is 70.2 Å². The average molecular weight is 1080 g/mol. The number of amides is 5. The van der Waals surface area contributed by atoms with E-state index in [1.165, 1.54) is 14.2 Å². The number of carbonyl (C=O) groups is 5. The number of nitrogens with zero attached hydrogens (tertiary/aromatic N) is 5. The number of anilines is 2. The molecule has 422 valence electrons. The number of fused-ring (bicyclic) bond motifs is 1. The van der Waals surface area contributed by atoms with E-state index in [9.17, 15) is 29.1 Å². The van der Waals surface area contributed by atoms with Gasteiger partial charge < -0.3 is 55.4 Å². The number of hydrazine groups is 1. The van der Waals surface area contributed by atoms with Crippen LogP contribution in [-0.2, 0) is 32.0 Å². The summed E-state index contributed by atoms with van der Waals surface area (Å²) in [5.41, 5.74) is 7.46. The number of methoxy groups -OCH3 is 3. The van der Waals surface area contributed by atoms with Crippen molar-refractivity contribution in [3.8, 4) is 17.0 Å². The van der Waals surface area contributed by atoms with Crippen molar-refractivity contribution < 1.29 is 43.3 Å². The maximum Gasteiger partial charge on any atom is 0.407 e.